The third-order valence-electron chi connectivity index (χ3n) is 4.92. The average molecular weight is 385 g/mol. The molecule has 0 spiro atoms. The van der Waals surface area contributed by atoms with Crippen molar-refractivity contribution in [2.75, 3.05) is 6.61 Å². The van der Waals surface area contributed by atoms with Crippen LogP contribution < -0.4 is 0 Å². The normalized spacial score (nSPS) is 13.9. The lowest BCUT2D eigenvalue weighted by Crippen LogP contribution is -2.44. The minimum Gasteiger partial charge on any atom is -0.460 e. The van der Waals surface area contributed by atoms with Crippen molar-refractivity contribution in [1.82, 2.24) is 4.90 Å². The van der Waals surface area contributed by atoms with Crippen LogP contribution in [0.2, 0.25) is 0 Å². The zero-order valence-electron chi connectivity index (χ0n) is 15.7. The molecule has 4 rings (SSSR count). The largest absolute Gasteiger partial charge is 0.460 e. The van der Waals surface area contributed by atoms with Crippen LogP contribution in [0.1, 0.15) is 36.6 Å². The monoisotopic (exact) mass is 385 g/mol. The maximum atomic E-state index is 12.9. The summed E-state index contributed by atoms with van der Waals surface area (Å²) >= 11 is 0. The lowest BCUT2D eigenvalue weighted by molar-refractivity contribution is 0.0308. The Labute approximate surface area is 168 Å². The second-order valence-corrected chi connectivity index (χ2v) is 6.83. The maximum Gasteiger partial charge on any atom is 0.338 e. The van der Waals surface area contributed by atoms with Crippen LogP contribution >= 0.6 is 0 Å². The van der Waals surface area contributed by atoms with Gasteiger partial charge in [-0.3, -0.25) is 14.5 Å². The van der Waals surface area contributed by atoms with E-state index in [1.165, 1.54) is 4.90 Å². The summed E-state index contributed by atoms with van der Waals surface area (Å²) in [7, 11) is 0. The molecule has 0 saturated heterocycles. The summed E-state index contributed by atoms with van der Waals surface area (Å²) < 4.78 is 5.49. The summed E-state index contributed by atoms with van der Waals surface area (Å²) in [5, 5.41) is 0. The van der Waals surface area contributed by atoms with Crippen molar-refractivity contribution in [2.45, 2.75) is 12.5 Å². The number of ether oxygens (including phenoxy) is 1. The Morgan fingerprint density at radius 2 is 1.28 bits per heavy atom. The van der Waals surface area contributed by atoms with Gasteiger partial charge in [-0.25, -0.2) is 4.79 Å². The van der Waals surface area contributed by atoms with E-state index in [0.717, 1.165) is 5.56 Å². The van der Waals surface area contributed by atoms with Gasteiger partial charge in [-0.05, 0) is 36.2 Å². The molecule has 0 radical (unpaired) electrons. The fourth-order valence-electron chi connectivity index (χ4n) is 3.48. The van der Waals surface area contributed by atoms with Gasteiger partial charge in [0.2, 0.25) is 0 Å². The van der Waals surface area contributed by atoms with Crippen LogP contribution in [0.4, 0.5) is 0 Å². The van der Waals surface area contributed by atoms with Crippen molar-refractivity contribution in [3.63, 3.8) is 0 Å². The number of carbonyl (C=O) groups excluding carboxylic acids is 3. The van der Waals surface area contributed by atoms with Gasteiger partial charge < -0.3 is 4.74 Å². The Hall–Kier alpha value is -3.73. The van der Waals surface area contributed by atoms with Gasteiger partial charge in [0.15, 0.2) is 0 Å². The van der Waals surface area contributed by atoms with Crippen LogP contribution in [0.3, 0.4) is 0 Å². The first-order chi connectivity index (χ1) is 14.1. The van der Waals surface area contributed by atoms with Gasteiger partial charge in [-0.1, -0.05) is 60.7 Å². The molecule has 3 aromatic carbocycles. The van der Waals surface area contributed by atoms with E-state index < -0.39 is 12.0 Å². The number of hydrogen-bond donors (Lipinski definition) is 0. The van der Waals surface area contributed by atoms with Gasteiger partial charge in [0.1, 0.15) is 6.61 Å². The van der Waals surface area contributed by atoms with E-state index in [9.17, 15) is 14.4 Å². The SMILES string of the molecule is O=C(OC[C@@H](Cc1ccccc1)N1C(=O)c2ccccc2C1=O)c1ccccc1. The Balaban J connectivity index is 1.58. The number of imide groups is 1. The van der Waals surface area contributed by atoms with Crippen molar-refractivity contribution in [1.29, 1.82) is 0 Å². The highest BCUT2D eigenvalue weighted by molar-refractivity contribution is 6.21. The first-order valence-corrected chi connectivity index (χ1v) is 9.38. The van der Waals surface area contributed by atoms with Crippen molar-refractivity contribution in [3.8, 4) is 0 Å². The average Bonchev–Trinajstić information content (AvgIpc) is 3.03. The van der Waals surface area contributed by atoms with Gasteiger partial charge in [0, 0.05) is 0 Å². The van der Waals surface area contributed by atoms with Crippen molar-refractivity contribution in [3.05, 3.63) is 107 Å². The molecule has 0 aromatic heterocycles. The Morgan fingerprint density at radius 1 is 0.759 bits per heavy atom. The highest BCUT2D eigenvalue weighted by atomic mass is 16.5. The summed E-state index contributed by atoms with van der Waals surface area (Å²) in [5.74, 6) is -1.20. The summed E-state index contributed by atoms with van der Waals surface area (Å²) in [6, 6.07) is 24.3. The number of rotatable bonds is 6. The Morgan fingerprint density at radius 3 is 1.86 bits per heavy atom. The highest BCUT2D eigenvalue weighted by Gasteiger charge is 2.40. The van der Waals surface area contributed by atoms with Gasteiger partial charge in [0.25, 0.3) is 11.8 Å². The van der Waals surface area contributed by atoms with E-state index in [1.807, 2.05) is 36.4 Å². The smallest absolute Gasteiger partial charge is 0.338 e. The molecule has 144 valence electrons. The number of esters is 1. The van der Waals surface area contributed by atoms with Gasteiger partial charge >= 0.3 is 5.97 Å². The van der Waals surface area contributed by atoms with E-state index in [1.54, 1.807) is 48.5 Å². The number of benzene rings is 3. The molecule has 1 heterocycles. The van der Waals surface area contributed by atoms with Gasteiger partial charge in [-0.15, -0.1) is 0 Å². The second-order valence-electron chi connectivity index (χ2n) is 6.83. The zero-order valence-corrected chi connectivity index (χ0v) is 15.7. The van der Waals surface area contributed by atoms with Crippen LogP contribution in [-0.2, 0) is 11.2 Å². The summed E-state index contributed by atoms with van der Waals surface area (Å²) in [5.41, 5.74) is 2.13. The van der Waals surface area contributed by atoms with Crippen LogP contribution in [-0.4, -0.2) is 35.3 Å². The van der Waals surface area contributed by atoms with E-state index in [4.69, 9.17) is 4.74 Å². The Bertz CT molecular complexity index is 1010. The molecule has 0 aliphatic carbocycles. The molecule has 1 aliphatic heterocycles. The number of nitrogens with zero attached hydrogens (tertiary/aromatic N) is 1. The molecule has 0 N–H and O–H groups in total. The predicted octanol–water partition coefficient (Wildman–Crippen LogP) is 3.75. The van der Waals surface area contributed by atoms with E-state index >= 15 is 0 Å². The quantitative estimate of drug-likeness (QED) is 0.479. The lowest BCUT2D eigenvalue weighted by Gasteiger charge is -2.26. The maximum absolute atomic E-state index is 12.9. The molecule has 5 nitrogen and oxygen atoms in total. The van der Waals surface area contributed by atoms with E-state index in [2.05, 4.69) is 0 Å². The van der Waals surface area contributed by atoms with Crippen LogP contribution in [0, 0.1) is 0 Å². The summed E-state index contributed by atoms with van der Waals surface area (Å²) in [6.45, 7) is -0.0753. The van der Waals surface area contributed by atoms with Crippen LogP contribution in [0.25, 0.3) is 0 Å². The molecule has 3 aromatic rings. The summed E-state index contributed by atoms with van der Waals surface area (Å²) in [6.07, 6.45) is 0.397. The minimum atomic E-state index is -0.600. The summed E-state index contributed by atoms with van der Waals surface area (Å²) in [4.78, 5) is 39.4. The van der Waals surface area contributed by atoms with E-state index in [0.29, 0.717) is 23.1 Å². The fraction of sp³-hybridized carbons (Fsp3) is 0.125. The third kappa shape index (κ3) is 3.80. The number of hydrogen-bond acceptors (Lipinski definition) is 4. The number of amides is 2. The van der Waals surface area contributed by atoms with Crippen LogP contribution in [0.5, 0.6) is 0 Å². The van der Waals surface area contributed by atoms with Gasteiger partial charge in [-0.2, -0.15) is 0 Å². The molecular weight excluding hydrogens is 366 g/mol. The molecule has 2 amide bonds. The first-order valence-electron chi connectivity index (χ1n) is 9.38. The lowest BCUT2D eigenvalue weighted by atomic mass is 10.1. The predicted molar refractivity (Wildman–Crippen MR) is 108 cm³/mol. The molecule has 0 saturated carbocycles. The topological polar surface area (TPSA) is 63.7 Å². The standard InChI is InChI=1S/C24H19NO4/c26-22-20-13-7-8-14-21(20)23(27)25(22)19(15-17-9-3-1-4-10-17)16-29-24(28)18-11-5-2-6-12-18/h1-14,19H,15-16H2/t19-/m1/s1. The number of fused-ring (bicyclic) bond motifs is 1. The third-order valence-corrected chi connectivity index (χ3v) is 4.92. The molecule has 1 aliphatic rings. The second kappa shape index (κ2) is 8.10. The molecule has 0 bridgehead atoms. The first kappa shape index (κ1) is 18.6. The zero-order chi connectivity index (χ0) is 20.2. The molecule has 0 fully saturated rings. The molecule has 5 heteroatoms. The van der Waals surface area contributed by atoms with Crippen molar-refractivity contribution < 1.29 is 19.1 Å². The number of carbonyl (C=O) groups is 3. The minimum absolute atomic E-state index is 0.0753. The van der Waals surface area contributed by atoms with Crippen molar-refractivity contribution in [2.24, 2.45) is 0 Å². The molecular formula is C24H19NO4. The van der Waals surface area contributed by atoms with Crippen LogP contribution in [0.15, 0.2) is 84.9 Å². The van der Waals surface area contributed by atoms with E-state index in [-0.39, 0.29) is 18.4 Å². The fourth-order valence-corrected chi connectivity index (χ4v) is 3.48. The van der Waals surface area contributed by atoms with Crippen molar-refractivity contribution >= 4 is 17.8 Å². The molecule has 0 unspecified atom stereocenters. The Kier molecular flexibility index (Phi) is 5.20. The molecule has 29 heavy (non-hydrogen) atoms. The highest BCUT2D eigenvalue weighted by Crippen LogP contribution is 2.26. The van der Waals surface area contributed by atoms with Gasteiger partial charge in [0.05, 0.1) is 22.7 Å². The molecule has 1 atom stereocenters.